The van der Waals surface area contributed by atoms with Crippen molar-refractivity contribution in [2.75, 3.05) is 26.6 Å². The van der Waals surface area contributed by atoms with Crippen LogP contribution in [0.4, 0.5) is 4.79 Å². The van der Waals surface area contributed by atoms with Crippen LogP contribution in [0.1, 0.15) is 5.76 Å². The number of carboxylic acids is 1. The molecule has 0 aromatic carbocycles. The summed E-state index contributed by atoms with van der Waals surface area (Å²) >= 11 is 1.14. The lowest BCUT2D eigenvalue weighted by molar-refractivity contribution is -0.192. The van der Waals surface area contributed by atoms with Crippen LogP contribution in [-0.4, -0.2) is 76.7 Å². The number of β-lactam (4-membered cyclic amide) rings is 1. The molecule has 30 heavy (non-hydrogen) atoms. The zero-order chi connectivity index (χ0) is 22.1. The molecule has 3 rings (SSSR count). The number of nitrogens with two attached hydrogens (primary N) is 1. The van der Waals surface area contributed by atoms with E-state index < -0.39 is 35.0 Å². The maximum Gasteiger partial charge on any atom is 0.404 e. The molecule has 162 valence electrons. The summed E-state index contributed by atoms with van der Waals surface area (Å²) in [7, 11) is 2.61. The minimum Gasteiger partial charge on any atom is -0.479 e. The van der Waals surface area contributed by atoms with Crippen molar-refractivity contribution in [3.63, 3.8) is 0 Å². The molecule has 1 aromatic heterocycles. The second-order valence-electron chi connectivity index (χ2n) is 6.20. The van der Waals surface area contributed by atoms with Gasteiger partial charge in [0.2, 0.25) is 5.91 Å². The SMILES string of the molecule is COc1cc(CC(=O)N[C@]2(OC)C(=O)N3C(C(=O)O)=C(COC(N)=O)CS[C@H]32)on1. The molecule has 1 saturated heterocycles. The van der Waals surface area contributed by atoms with Crippen LogP contribution in [0.5, 0.6) is 5.88 Å². The summed E-state index contributed by atoms with van der Waals surface area (Å²) in [6, 6.07) is 1.42. The van der Waals surface area contributed by atoms with Crippen molar-refractivity contribution in [3.8, 4) is 5.88 Å². The third kappa shape index (κ3) is 3.66. The highest BCUT2D eigenvalue weighted by Crippen LogP contribution is 2.46. The molecule has 0 radical (unpaired) electrons. The number of carboxylic acid groups (broad SMARTS) is 1. The van der Waals surface area contributed by atoms with Crippen molar-refractivity contribution in [2.45, 2.75) is 17.5 Å². The molecule has 2 atom stereocenters. The molecule has 4 N–H and O–H groups in total. The van der Waals surface area contributed by atoms with E-state index in [4.69, 9.17) is 19.7 Å². The van der Waals surface area contributed by atoms with Gasteiger partial charge in [-0.25, -0.2) is 9.59 Å². The number of nitrogens with one attached hydrogen (secondary N) is 1. The van der Waals surface area contributed by atoms with Gasteiger partial charge in [-0.2, -0.15) is 0 Å². The first-order chi connectivity index (χ1) is 14.2. The van der Waals surface area contributed by atoms with Gasteiger partial charge in [0.15, 0.2) is 0 Å². The highest BCUT2D eigenvalue weighted by atomic mass is 32.2. The van der Waals surface area contributed by atoms with Gasteiger partial charge in [0.05, 0.1) is 13.5 Å². The van der Waals surface area contributed by atoms with Crippen LogP contribution in [0.25, 0.3) is 0 Å². The zero-order valence-corrected chi connectivity index (χ0v) is 16.7. The number of carbonyl (C=O) groups excluding carboxylic acids is 3. The van der Waals surface area contributed by atoms with Crippen LogP contribution in [0.15, 0.2) is 21.9 Å². The van der Waals surface area contributed by atoms with Gasteiger partial charge in [-0.3, -0.25) is 14.5 Å². The molecule has 3 heterocycles. The highest BCUT2D eigenvalue weighted by molar-refractivity contribution is 8.00. The second-order valence-corrected chi connectivity index (χ2v) is 7.27. The molecule has 0 unspecified atom stereocenters. The summed E-state index contributed by atoms with van der Waals surface area (Å²) in [4.78, 5) is 48.9. The number of primary amides is 1. The Balaban J connectivity index is 1.78. The van der Waals surface area contributed by atoms with Crippen LogP contribution in [0.2, 0.25) is 0 Å². The molecule has 0 bridgehead atoms. The van der Waals surface area contributed by atoms with Crippen LogP contribution in [0, 0.1) is 0 Å². The number of nitrogens with zero attached hydrogens (tertiary/aromatic N) is 2. The van der Waals surface area contributed by atoms with Crippen molar-refractivity contribution in [3.05, 3.63) is 23.1 Å². The molecule has 1 aromatic rings. The fraction of sp³-hybridized carbons (Fsp3) is 0.438. The Morgan fingerprint density at radius 1 is 1.47 bits per heavy atom. The first-order valence-electron chi connectivity index (χ1n) is 8.42. The summed E-state index contributed by atoms with van der Waals surface area (Å²) in [5.41, 5.74) is 3.01. The van der Waals surface area contributed by atoms with E-state index in [-0.39, 0.29) is 41.7 Å². The molecular formula is C16H18N4O9S. The number of fused-ring (bicyclic) bond motifs is 1. The summed E-state index contributed by atoms with van der Waals surface area (Å²) in [6.45, 7) is -0.375. The van der Waals surface area contributed by atoms with Crippen molar-refractivity contribution in [2.24, 2.45) is 5.73 Å². The lowest BCUT2D eigenvalue weighted by Crippen LogP contribution is -2.80. The Bertz CT molecular complexity index is 930. The molecule has 2 aliphatic heterocycles. The van der Waals surface area contributed by atoms with Gasteiger partial charge in [0, 0.05) is 24.5 Å². The quantitative estimate of drug-likeness (QED) is 0.332. The number of carbonyl (C=O) groups is 4. The molecule has 1 fully saturated rings. The fourth-order valence-electron chi connectivity index (χ4n) is 3.10. The van der Waals surface area contributed by atoms with Gasteiger partial charge in [-0.15, -0.1) is 11.8 Å². The first-order valence-corrected chi connectivity index (χ1v) is 9.47. The number of hydrogen-bond acceptors (Lipinski definition) is 10. The zero-order valence-electron chi connectivity index (χ0n) is 15.9. The Morgan fingerprint density at radius 3 is 2.77 bits per heavy atom. The van der Waals surface area contributed by atoms with Crippen molar-refractivity contribution in [1.82, 2.24) is 15.4 Å². The van der Waals surface area contributed by atoms with Crippen molar-refractivity contribution < 1.29 is 43.0 Å². The minimum atomic E-state index is -1.76. The minimum absolute atomic E-state index is 0.115. The first kappa shape index (κ1) is 21.4. The molecule has 0 saturated carbocycles. The Labute approximate surface area is 173 Å². The van der Waals surface area contributed by atoms with Gasteiger partial charge in [-0.05, 0) is 5.16 Å². The average molecular weight is 442 g/mol. The van der Waals surface area contributed by atoms with E-state index in [0.29, 0.717) is 0 Å². The van der Waals surface area contributed by atoms with E-state index in [9.17, 15) is 24.3 Å². The van der Waals surface area contributed by atoms with Gasteiger partial charge in [0.1, 0.15) is 23.4 Å². The topological polar surface area (TPSA) is 184 Å². The Hall–Kier alpha value is -3.26. The Kier molecular flexibility index (Phi) is 5.89. The van der Waals surface area contributed by atoms with Crippen molar-refractivity contribution >= 4 is 35.6 Å². The Morgan fingerprint density at radius 2 is 2.20 bits per heavy atom. The molecule has 3 amide bonds. The van der Waals surface area contributed by atoms with E-state index in [1.165, 1.54) is 20.3 Å². The van der Waals surface area contributed by atoms with Crippen molar-refractivity contribution in [1.29, 1.82) is 0 Å². The van der Waals surface area contributed by atoms with Crippen LogP contribution in [-0.2, 0) is 30.3 Å². The number of rotatable bonds is 8. The molecular weight excluding hydrogens is 424 g/mol. The molecule has 13 nitrogen and oxygen atoms in total. The van der Waals surface area contributed by atoms with Gasteiger partial charge < -0.3 is 34.9 Å². The van der Waals surface area contributed by atoms with E-state index >= 15 is 0 Å². The standard InChI is InChI=1S/C16H18N4O9S/c1-26-10-4-8(29-19-10)3-9(21)18-16(27-2)13(24)20-11(12(22)23)7(5-28-15(17)25)6-30-14(16)20/h4,14H,3,5-6H2,1-2H3,(H2,17,25)(H,18,21)(H,22,23)/t14-,16-/m0/s1. The van der Waals surface area contributed by atoms with E-state index in [0.717, 1.165) is 16.7 Å². The predicted octanol–water partition coefficient (Wildman–Crippen LogP) is -0.966. The predicted molar refractivity (Wildman–Crippen MR) is 97.9 cm³/mol. The number of aliphatic carboxylic acids is 1. The maximum absolute atomic E-state index is 12.9. The molecule has 0 aliphatic carbocycles. The normalized spacial score (nSPS) is 22.8. The van der Waals surface area contributed by atoms with Gasteiger partial charge in [-0.1, -0.05) is 0 Å². The lowest BCUT2D eigenvalue weighted by Gasteiger charge is -2.55. The molecule has 0 spiro atoms. The van der Waals surface area contributed by atoms with Crippen LogP contribution >= 0.6 is 11.8 Å². The highest BCUT2D eigenvalue weighted by Gasteiger charge is 2.66. The lowest BCUT2D eigenvalue weighted by atomic mass is 9.98. The third-order valence-corrected chi connectivity index (χ3v) is 5.80. The summed E-state index contributed by atoms with van der Waals surface area (Å²) in [5.74, 6) is -2.26. The fourth-order valence-corrected chi connectivity index (χ4v) is 4.52. The smallest absolute Gasteiger partial charge is 0.404 e. The van der Waals surface area contributed by atoms with Gasteiger partial charge >= 0.3 is 12.1 Å². The molecule has 14 heteroatoms. The van der Waals surface area contributed by atoms with Crippen LogP contribution in [0.3, 0.4) is 0 Å². The number of methoxy groups -OCH3 is 2. The van der Waals surface area contributed by atoms with Gasteiger partial charge in [0.25, 0.3) is 17.5 Å². The van der Waals surface area contributed by atoms with E-state index in [2.05, 4.69) is 15.2 Å². The van der Waals surface area contributed by atoms with E-state index in [1.807, 2.05) is 0 Å². The summed E-state index contributed by atoms with van der Waals surface area (Å²) in [6.07, 6.45) is -1.32. The van der Waals surface area contributed by atoms with Crippen LogP contribution < -0.4 is 15.8 Å². The summed E-state index contributed by atoms with van der Waals surface area (Å²) < 4.78 is 19.8. The third-order valence-electron chi connectivity index (χ3n) is 4.43. The largest absolute Gasteiger partial charge is 0.479 e. The van der Waals surface area contributed by atoms with E-state index in [1.54, 1.807) is 0 Å². The molecule has 2 aliphatic rings. The monoisotopic (exact) mass is 442 g/mol. The number of thioether (sulfide) groups is 1. The summed E-state index contributed by atoms with van der Waals surface area (Å²) in [5, 5.41) is 14.8. The number of ether oxygens (including phenoxy) is 3. The maximum atomic E-state index is 12.9. The second kappa shape index (κ2) is 8.23. The number of hydrogen-bond donors (Lipinski definition) is 3. The number of amides is 3. The average Bonchev–Trinajstić information content (AvgIpc) is 3.16. The number of aromatic nitrogens is 1.